The number of benzene rings is 1. The highest BCUT2D eigenvalue weighted by molar-refractivity contribution is 5.86. The van der Waals surface area contributed by atoms with Gasteiger partial charge >= 0.3 is 5.97 Å². The molecule has 0 fully saturated rings. The van der Waals surface area contributed by atoms with Crippen LogP contribution in [0.25, 0.3) is 0 Å². The molecule has 0 bridgehead atoms. The number of carbonyl (C=O) groups excluding carboxylic acids is 1. The zero-order valence-electron chi connectivity index (χ0n) is 9.30. The third kappa shape index (κ3) is 3.34. The van der Waals surface area contributed by atoms with Crippen molar-refractivity contribution in [2.75, 3.05) is 13.7 Å². The summed E-state index contributed by atoms with van der Waals surface area (Å²) in [5, 5.41) is 8.59. The molecule has 0 amide bonds. The van der Waals surface area contributed by atoms with Crippen LogP contribution in [0.4, 0.5) is 0 Å². The fraction of sp³-hybridized carbons (Fsp3) is 0.167. The summed E-state index contributed by atoms with van der Waals surface area (Å²) in [5.74, 6) is -0.324. The Morgan fingerprint density at radius 1 is 1.53 bits per heavy atom. The lowest BCUT2D eigenvalue weighted by Gasteiger charge is -2.08. The summed E-state index contributed by atoms with van der Waals surface area (Å²) >= 11 is 0. The van der Waals surface area contributed by atoms with Crippen molar-refractivity contribution in [2.45, 2.75) is 0 Å². The molecule has 0 aliphatic rings. The normalized spacial score (nSPS) is 9.47. The van der Waals surface area contributed by atoms with Crippen LogP contribution in [-0.4, -0.2) is 31.1 Å². The van der Waals surface area contributed by atoms with Gasteiger partial charge in [0.25, 0.3) is 0 Å². The number of rotatable bonds is 6. The van der Waals surface area contributed by atoms with Gasteiger partial charge in [-0.25, -0.2) is 4.79 Å². The van der Waals surface area contributed by atoms with Crippen LogP contribution in [0.5, 0.6) is 11.5 Å². The monoisotopic (exact) mass is 236 g/mol. The summed E-state index contributed by atoms with van der Waals surface area (Å²) in [5.41, 5.74) is 0.348. The van der Waals surface area contributed by atoms with E-state index in [0.717, 1.165) is 0 Å². The topological polar surface area (TPSA) is 72.8 Å². The summed E-state index contributed by atoms with van der Waals surface area (Å²) in [6, 6.07) is 4.60. The first-order valence-corrected chi connectivity index (χ1v) is 4.75. The van der Waals surface area contributed by atoms with Gasteiger partial charge in [0.1, 0.15) is 18.1 Å². The maximum atomic E-state index is 10.6. The molecular weight excluding hydrogens is 224 g/mol. The summed E-state index contributed by atoms with van der Waals surface area (Å²) < 4.78 is 10.2. The highest BCUT2D eigenvalue weighted by Gasteiger charge is 2.07. The van der Waals surface area contributed by atoms with Crippen molar-refractivity contribution < 1.29 is 24.2 Å². The first-order chi connectivity index (χ1) is 8.08. The molecule has 0 unspecified atom stereocenters. The van der Waals surface area contributed by atoms with E-state index in [4.69, 9.17) is 14.6 Å². The number of ether oxygens (including phenoxy) is 2. The largest absolute Gasteiger partial charge is 0.496 e. The van der Waals surface area contributed by atoms with E-state index < -0.39 is 5.97 Å². The second-order valence-electron chi connectivity index (χ2n) is 3.22. The molecule has 17 heavy (non-hydrogen) atoms. The minimum absolute atomic E-state index is 0.0524. The van der Waals surface area contributed by atoms with Crippen LogP contribution >= 0.6 is 0 Å². The van der Waals surface area contributed by atoms with Crippen molar-refractivity contribution in [3.8, 4) is 11.5 Å². The molecule has 0 aliphatic heterocycles. The van der Waals surface area contributed by atoms with Gasteiger partial charge < -0.3 is 14.6 Å². The lowest BCUT2D eigenvalue weighted by molar-refractivity contribution is -0.133. The Morgan fingerprint density at radius 2 is 2.24 bits per heavy atom. The minimum Gasteiger partial charge on any atom is -0.496 e. The number of aldehydes is 1. The summed E-state index contributed by atoms with van der Waals surface area (Å²) in [6.07, 6.45) is 0.665. The highest BCUT2D eigenvalue weighted by atomic mass is 16.5. The van der Waals surface area contributed by atoms with Crippen molar-refractivity contribution >= 4 is 12.3 Å². The van der Waals surface area contributed by atoms with Crippen LogP contribution in [0.1, 0.15) is 10.4 Å². The number of carboxylic acids is 1. The van der Waals surface area contributed by atoms with E-state index in [-0.39, 0.29) is 12.2 Å². The number of carboxylic acid groups (broad SMARTS) is 1. The maximum Gasteiger partial charge on any atom is 0.334 e. The number of aliphatic carboxylic acids is 1. The van der Waals surface area contributed by atoms with Crippen LogP contribution in [0, 0.1) is 0 Å². The number of carbonyl (C=O) groups is 2. The number of hydrogen-bond donors (Lipinski definition) is 1. The first kappa shape index (κ1) is 12.8. The molecule has 1 N–H and O–H groups in total. The first-order valence-electron chi connectivity index (χ1n) is 4.75. The van der Waals surface area contributed by atoms with E-state index in [0.29, 0.717) is 23.3 Å². The van der Waals surface area contributed by atoms with Gasteiger partial charge in [0, 0.05) is 6.07 Å². The molecule has 0 heterocycles. The molecular formula is C12H12O5. The van der Waals surface area contributed by atoms with Gasteiger partial charge in [-0.2, -0.15) is 0 Å². The van der Waals surface area contributed by atoms with Gasteiger partial charge in [0.05, 0.1) is 18.2 Å². The lowest BCUT2D eigenvalue weighted by Crippen LogP contribution is -2.09. The average Bonchev–Trinajstić information content (AvgIpc) is 2.35. The Kier molecular flexibility index (Phi) is 4.28. The summed E-state index contributed by atoms with van der Waals surface area (Å²) in [6.45, 7) is 3.21. The van der Waals surface area contributed by atoms with Crippen LogP contribution in [0.2, 0.25) is 0 Å². The predicted molar refractivity (Wildman–Crippen MR) is 60.7 cm³/mol. The molecule has 5 heteroatoms. The van der Waals surface area contributed by atoms with Gasteiger partial charge in [0.2, 0.25) is 0 Å². The maximum absolute atomic E-state index is 10.6. The Balaban J connectivity index is 2.76. The van der Waals surface area contributed by atoms with Crippen molar-refractivity contribution in [3.63, 3.8) is 0 Å². The van der Waals surface area contributed by atoms with Crippen molar-refractivity contribution in [1.82, 2.24) is 0 Å². The molecule has 0 aromatic heterocycles. The van der Waals surface area contributed by atoms with Crippen LogP contribution < -0.4 is 9.47 Å². The Hall–Kier alpha value is -2.30. The molecule has 1 aromatic rings. The third-order valence-corrected chi connectivity index (χ3v) is 2.05. The van der Waals surface area contributed by atoms with Gasteiger partial charge in [0.15, 0.2) is 6.29 Å². The second kappa shape index (κ2) is 5.69. The molecule has 90 valence electrons. The molecule has 1 rings (SSSR count). The minimum atomic E-state index is -1.11. The van der Waals surface area contributed by atoms with Crippen LogP contribution in [-0.2, 0) is 4.79 Å². The van der Waals surface area contributed by atoms with Gasteiger partial charge in [-0.1, -0.05) is 6.58 Å². The average molecular weight is 236 g/mol. The van der Waals surface area contributed by atoms with E-state index in [1.54, 1.807) is 6.07 Å². The van der Waals surface area contributed by atoms with E-state index in [9.17, 15) is 9.59 Å². The van der Waals surface area contributed by atoms with E-state index >= 15 is 0 Å². The Bertz CT molecular complexity index is 450. The zero-order chi connectivity index (χ0) is 12.8. The number of methoxy groups -OCH3 is 1. The van der Waals surface area contributed by atoms with Crippen molar-refractivity contribution in [2.24, 2.45) is 0 Å². The smallest absolute Gasteiger partial charge is 0.334 e. The SMILES string of the molecule is C=C(COc1ccc(C=O)c(OC)c1)C(=O)O. The number of hydrogen-bond acceptors (Lipinski definition) is 4. The molecule has 0 saturated heterocycles. The molecule has 0 atom stereocenters. The highest BCUT2D eigenvalue weighted by Crippen LogP contribution is 2.23. The zero-order valence-corrected chi connectivity index (χ0v) is 9.30. The van der Waals surface area contributed by atoms with Crippen molar-refractivity contribution in [3.05, 3.63) is 35.9 Å². The molecule has 5 nitrogen and oxygen atoms in total. The molecule has 0 saturated carbocycles. The van der Waals surface area contributed by atoms with Gasteiger partial charge in [-0.3, -0.25) is 4.79 Å². The molecule has 0 aliphatic carbocycles. The van der Waals surface area contributed by atoms with E-state index in [2.05, 4.69) is 6.58 Å². The van der Waals surface area contributed by atoms with Gasteiger partial charge in [-0.05, 0) is 12.1 Å². The van der Waals surface area contributed by atoms with Crippen LogP contribution in [0.15, 0.2) is 30.4 Å². The van der Waals surface area contributed by atoms with Gasteiger partial charge in [-0.15, -0.1) is 0 Å². The molecule has 0 radical (unpaired) electrons. The fourth-order valence-corrected chi connectivity index (χ4v) is 1.11. The predicted octanol–water partition coefficient (Wildman–Crippen LogP) is 1.53. The lowest BCUT2D eigenvalue weighted by atomic mass is 10.2. The fourth-order valence-electron chi connectivity index (χ4n) is 1.11. The molecule has 1 aromatic carbocycles. The van der Waals surface area contributed by atoms with Crippen molar-refractivity contribution in [1.29, 1.82) is 0 Å². The quantitative estimate of drug-likeness (QED) is 0.599. The Labute approximate surface area is 98.3 Å². The standard InChI is InChI=1S/C12H12O5/c1-8(12(14)15)7-17-10-4-3-9(6-13)11(5-10)16-2/h3-6H,1,7H2,2H3,(H,14,15). The summed E-state index contributed by atoms with van der Waals surface area (Å²) in [7, 11) is 1.43. The second-order valence-corrected chi connectivity index (χ2v) is 3.22. The molecule has 0 spiro atoms. The van der Waals surface area contributed by atoms with Crippen LogP contribution in [0.3, 0.4) is 0 Å². The Morgan fingerprint density at radius 3 is 2.76 bits per heavy atom. The van der Waals surface area contributed by atoms with E-state index in [1.165, 1.54) is 19.2 Å². The summed E-state index contributed by atoms with van der Waals surface area (Å²) in [4.78, 5) is 21.1. The van der Waals surface area contributed by atoms with E-state index in [1.807, 2.05) is 0 Å². The third-order valence-electron chi connectivity index (χ3n) is 2.05.